The molecule has 0 aliphatic rings. The smallest absolute Gasteiger partial charge is 0.250 e. The highest BCUT2D eigenvalue weighted by atomic mass is 79.9. The number of rotatable bonds is 5. The molecular formula is C15H14BrNO3S2. The molecule has 2 aromatic rings. The summed E-state index contributed by atoms with van der Waals surface area (Å²) < 4.78 is 33.0. The predicted molar refractivity (Wildman–Crippen MR) is 91.7 cm³/mol. The van der Waals surface area contributed by atoms with Crippen LogP contribution in [0.4, 0.5) is 0 Å². The number of halogens is 1. The number of hydrogen-bond donors (Lipinski definition) is 1. The van der Waals surface area contributed by atoms with E-state index in [2.05, 4.69) is 32.5 Å². The molecule has 0 aliphatic carbocycles. The minimum Gasteiger partial charge on any atom is -0.481 e. The molecule has 1 N–H and O–H groups in total. The van der Waals surface area contributed by atoms with Gasteiger partial charge in [0.1, 0.15) is 16.6 Å². The van der Waals surface area contributed by atoms with Crippen LogP contribution in [-0.2, 0) is 10.0 Å². The number of hydrogen-bond acceptors (Lipinski definition) is 4. The highest BCUT2D eigenvalue weighted by Crippen LogP contribution is 2.20. The van der Waals surface area contributed by atoms with Crippen LogP contribution in [0.15, 0.2) is 45.1 Å². The molecule has 2 rings (SSSR count). The summed E-state index contributed by atoms with van der Waals surface area (Å²) in [5, 5.41) is 0. The van der Waals surface area contributed by atoms with Crippen molar-refractivity contribution in [1.82, 2.24) is 4.72 Å². The lowest BCUT2D eigenvalue weighted by Gasteiger charge is -2.01. The average Bonchev–Trinajstić information content (AvgIpc) is 2.90. The van der Waals surface area contributed by atoms with E-state index in [0.29, 0.717) is 9.96 Å². The first kappa shape index (κ1) is 17.0. The Labute approximate surface area is 142 Å². The summed E-state index contributed by atoms with van der Waals surface area (Å²) >= 11 is 4.58. The molecule has 0 spiro atoms. The van der Waals surface area contributed by atoms with Gasteiger partial charge in [-0.1, -0.05) is 33.8 Å². The molecule has 1 heterocycles. The van der Waals surface area contributed by atoms with Gasteiger partial charge in [-0.15, -0.1) is 11.3 Å². The maximum atomic E-state index is 11.9. The van der Waals surface area contributed by atoms with Gasteiger partial charge in [-0.25, -0.2) is 8.42 Å². The summed E-state index contributed by atoms with van der Waals surface area (Å²) in [4.78, 5) is 0.953. The van der Waals surface area contributed by atoms with Crippen LogP contribution in [0, 0.1) is 18.8 Å². The first-order valence-corrected chi connectivity index (χ1v) is 9.47. The standard InChI is InChI=1S/C15H14BrNO3S2/c1-12-7-8-15(21-12)22(18,19)17-9-2-3-10-20-14-6-4-5-13(16)11-14/h4-8,11,17H,9-10H2,1H3. The molecule has 0 saturated carbocycles. The van der Waals surface area contributed by atoms with Crippen LogP contribution >= 0.6 is 27.3 Å². The second kappa shape index (κ2) is 7.79. The van der Waals surface area contributed by atoms with Crippen molar-refractivity contribution < 1.29 is 13.2 Å². The predicted octanol–water partition coefficient (Wildman–Crippen LogP) is 3.18. The topological polar surface area (TPSA) is 55.4 Å². The van der Waals surface area contributed by atoms with E-state index < -0.39 is 10.0 Å². The number of sulfonamides is 1. The lowest BCUT2D eigenvalue weighted by Crippen LogP contribution is -2.23. The Balaban J connectivity index is 1.80. The van der Waals surface area contributed by atoms with E-state index in [0.717, 1.165) is 9.35 Å². The van der Waals surface area contributed by atoms with Gasteiger partial charge in [0, 0.05) is 9.35 Å². The molecule has 0 aliphatic heterocycles. The van der Waals surface area contributed by atoms with Crippen LogP contribution in [0.25, 0.3) is 0 Å². The van der Waals surface area contributed by atoms with Crippen LogP contribution < -0.4 is 9.46 Å². The molecule has 0 bridgehead atoms. The Bertz CT molecular complexity index is 803. The van der Waals surface area contributed by atoms with Gasteiger partial charge in [0.2, 0.25) is 0 Å². The molecule has 0 atom stereocenters. The highest BCUT2D eigenvalue weighted by molar-refractivity contribution is 9.10. The summed E-state index contributed by atoms with van der Waals surface area (Å²) in [7, 11) is -3.47. The lowest BCUT2D eigenvalue weighted by molar-refractivity contribution is 0.370. The summed E-state index contributed by atoms with van der Waals surface area (Å²) in [6.45, 7) is 2.13. The number of benzene rings is 1. The van der Waals surface area contributed by atoms with Crippen LogP contribution in [0.5, 0.6) is 5.75 Å². The molecule has 0 amide bonds. The van der Waals surface area contributed by atoms with Crippen LogP contribution in [0.2, 0.25) is 0 Å². The Morgan fingerprint density at radius 1 is 1.27 bits per heavy atom. The number of thiophene rings is 1. The molecule has 0 fully saturated rings. The van der Waals surface area contributed by atoms with Crippen molar-refractivity contribution in [2.45, 2.75) is 11.1 Å². The Morgan fingerprint density at radius 2 is 2.09 bits per heavy atom. The van der Waals surface area contributed by atoms with E-state index in [4.69, 9.17) is 4.74 Å². The number of aryl methyl sites for hydroxylation is 1. The molecule has 22 heavy (non-hydrogen) atoms. The normalized spacial score (nSPS) is 10.8. The third kappa shape index (κ3) is 5.14. The van der Waals surface area contributed by atoms with Crippen molar-refractivity contribution in [2.75, 3.05) is 13.2 Å². The monoisotopic (exact) mass is 399 g/mol. The summed E-state index contributed by atoms with van der Waals surface area (Å²) in [6, 6.07) is 10.8. The minimum atomic E-state index is -3.47. The minimum absolute atomic E-state index is 0.0567. The van der Waals surface area contributed by atoms with E-state index in [1.54, 1.807) is 12.1 Å². The molecule has 1 aromatic heterocycles. The maximum Gasteiger partial charge on any atom is 0.250 e. The second-order valence-corrected chi connectivity index (χ2v) is 8.49. The number of ether oxygens (including phenoxy) is 1. The van der Waals surface area contributed by atoms with Gasteiger partial charge in [0.05, 0.1) is 6.54 Å². The van der Waals surface area contributed by atoms with Crippen molar-refractivity contribution in [3.63, 3.8) is 0 Å². The molecule has 1 aromatic carbocycles. The Kier molecular flexibility index (Phi) is 6.03. The second-order valence-electron chi connectivity index (χ2n) is 4.29. The average molecular weight is 400 g/mol. The first-order chi connectivity index (χ1) is 10.5. The van der Waals surface area contributed by atoms with Gasteiger partial charge in [-0.05, 0) is 37.3 Å². The quantitative estimate of drug-likeness (QED) is 0.785. The van der Waals surface area contributed by atoms with E-state index in [1.165, 1.54) is 11.3 Å². The van der Waals surface area contributed by atoms with Crippen molar-refractivity contribution >= 4 is 37.3 Å². The van der Waals surface area contributed by atoms with Crippen LogP contribution in [-0.4, -0.2) is 21.6 Å². The number of nitrogens with one attached hydrogen (secondary N) is 1. The summed E-state index contributed by atoms with van der Waals surface area (Å²) in [6.07, 6.45) is 0. The first-order valence-electron chi connectivity index (χ1n) is 6.37. The lowest BCUT2D eigenvalue weighted by atomic mass is 10.3. The van der Waals surface area contributed by atoms with Crippen LogP contribution in [0.3, 0.4) is 0 Å². The maximum absolute atomic E-state index is 11.9. The molecule has 4 nitrogen and oxygen atoms in total. The highest BCUT2D eigenvalue weighted by Gasteiger charge is 2.14. The van der Waals surface area contributed by atoms with Crippen molar-refractivity contribution in [2.24, 2.45) is 0 Å². The van der Waals surface area contributed by atoms with Crippen molar-refractivity contribution in [3.8, 4) is 17.6 Å². The zero-order valence-electron chi connectivity index (χ0n) is 11.8. The molecular weight excluding hydrogens is 386 g/mol. The third-order valence-corrected chi connectivity index (χ3v) is 5.95. The van der Waals surface area contributed by atoms with Crippen molar-refractivity contribution in [3.05, 3.63) is 45.7 Å². The molecule has 0 saturated heterocycles. The third-order valence-electron chi connectivity index (χ3n) is 2.56. The molecule has 7 heteroatoms. The van der Waals surface area contributed by atoms with E-state index in [9.17, 15) is 8.42 Å². The Hall–Kier alpha value is -1.33. The van der Waals surface area contributed by atoms with Gasteiger partial charge in [-0.2, -0.15) is 4.72 Å². The summed E-state index contributed by atoms with van der Waals surface area (Å²) in [5.41, 5.74) is 0. The SMILES string of the molecule is Cc1ccc(S(=O)(=O)NCC#CCOc2cccc(Br)c2)s1. The van der Waals surface area contributed by atoms with E-state index in [1.807, 2.05) is 31.2 Å². The zero-order chi connectivity index (χ0) is 16.0. The van der Waals surface area contributed by atoms with Crippen LogP contribution in [0.1, 0.15) is 4.88 Å². The Morgan fingerprint density at radius 3 is 2.77 bits per heavy atom. The van der Waals surface area contributed by atoms with Gasteiger partial charge in [-0.3, -0.25) is 0 Å². The molecule has 0 radical (unpaired) electrons. The fourth-order valence-corrected chi connectivity index (χ4v) is 4.18. The van der Waals surface area contributed by atoms with Crippen molar-refractivity contribution in [1.29, 1.82) is 0 Å². The fraction of sp³-hybridized carbons (Fsp3) is 0.200. The fourth-order valence-electron chi connectivity index (χ4n) is 1.55. The van der Waals surface area contributed by atoms with Gasteiger partial charge < -0.3 is 4.74 Å². The molecule has 0 unspecified atom stereocenters. The zero-order valence-corrected chi connectivity index (χ0v) is 15.0. The van der Waals surface area contributed by atoms with Gasteiger partial charge in [0.25, 0.3) is 10.0 Å². The van der Waals surface area contributed by atoms with E-state index >= 15 is 0 Å². The van der Waals surface area contributed by atoms with Gasteiger partial charge >= 0.3 is 0 Å². The summed E-state index contributed by atoms with van der Waals surface area (Å²) in [5.74, 6) is 6.21. The largest absolute Gasteiger partial charge is 0.481 e. The van der Waals surface area contributed by atoms with Gasteiger partial charge in [0.15, 0.2) is 0 Å². The molecule has 116 valence electrons. The van der Waals surface area contributed by atoms with E-state index in [-0.39, 0.29) is 13.2 Å².